The zero-order chi connectivity index (χ0) is 13.5. The monoisotopic (exact) mass is 271 g/mol. The Morgan fingerprint density at radius 1 is 1.44 bits per heavy atom. The lowest BCUT2D eigenvalue weighted by Crippen LogP contribution is -2.25. The number of carbonyl (C=O) groups is 1. The number of hydrogen-bond acceptors (Lipinski definition) is 6. The normalized spacial score (nSPS) is 10.8. The molecule has 0 radical (unpaired) electrons. The summed E-state index contributed by atoms with van der Waals surface area (Å²) in [5.41, 5.74) is 11.2. The highest BCUT2D eigenvalue weighted by Crippen LogP contribution is 2.25. The maximum atomic E-state index is 11.2. The molecule has 1 heterocycles. The predicted octanol–water partition coefficient (Wildman–Crippen LogP) is 0.968. The van der Waals surface area contributed by atoms with Crippen LogP contribution in [0.1, 0.15) is 30.6 Å². The molecule has 0 aliphatic rings. The molecule has 0 fully saturated rings. The molecule has 0 bridgehead atoms. The second kappa shape index (κ2) is 7.17. The lowest BCUT2D eigenvalue weighted by atomic mass is 10.3. The first-order valence-corrected chi connectivity index (χ1v) is 6.88. The highest BCUT2D eigenvalue weighted by molar-refractivity contribution is 7.11. The second-order valence-corrected chi connectivity index (χ2v) is 4.72. The van der Waals surface area contributed by atoms with Crippen LogP contribution in [-0.4, -0.2) is 41.4 Å². The van der Waals surface area contributed by atoms with E-state index in [1.165, 1.54) is 11.5 Å². The molecule has 0 spiro atoms. The topological polar surface area (TPSA) is 97.3 Å². The number of nitrogens with two attached hydrogens (primary N) is 2. The van der Waals surface area contributed by atoms with Gasteiger partial charge < -0.3 is 21.7 Å². The van der Waals surface area contributed by atoms with Crippen molar-refractivity contribution in [3.05, 3.63) is 5.56 Å². The molecule has 1 rings (SSSR count). The smallest absolute Gasteiger partial charge is 0.255 e. The summed E-state index contributed by atoms with van der Waals surface area (Å²) in [6.45, 7) is 8.20. The quantitative estimate of drug-likeness (QED) is 0.612. The summed E-state index contributed by atoms with van der Waals surface area (Å²) in [6.07, 6.45) is 0.998. The Morgan fingerprint density at radius 2 is 2.11 bits per heavy atom. The van der Waals surface area contributed by atoms with Crippen molar-refractivity contribution >= 4 is 28.3 Å². The van der Waals surface area contributed by atoms with Crippen LogP contribution in [0.25, 0.3) is 0 Å². The van der Waals surface area contributed by atoms with Gasteiger partial charge in [0.2, 0.25) is 0 Å². The zero-order valence-corrected chi connectivity index (χ0v) is 11.7. The van der Waals surface area contributed by atoms with Crippen molar-refractivity contribution in [3.8, 4) is 0 Å². The van der Waals surface area contributed by atoms with E-state index in [2.05, 4.69) is 28.4 Å². The highest BCUT2D eigenvalue weighted by atomic mass is 32.1. The lowest BCUT2D eigenvalue weighted by Gasteiger charge is -2.17. The lowest BCUT2D eigenvalue weighted by molar-refractivity contribution is 0.100. The van der Waals surface area contributed by atoms with Crippen LogP contribution in [0.5, 0.6) is 0 Å². The van der Waals surface area contributed by atoms with Crippen LogP contribution in [-0.2, 0) is 0 Å². The van der Waals surface area contributed by atoms with Crippen molar-refractivity contribution < 1.29 is 4.79 Å². The molecule has 0 saturated carbocycles. The van der Waals surface area contributed by atoms with Crippen LogP contribution in [0.2, 0.25) is 0 Å². The molecule has 7 heteroatoms. The Bertz CT molecular complexity index is 389. The molecule has 0 aliphatic carbocycles. The third-order valence-electron chi connectivity index (χ3n) is 2.80. The van der Waals surface area contributed by atoms with Gasteiger partial charge in [-0.3, -0.25) is 4.79 Å². The Kier molecular flexibility index (Phi) is 5.87. The molecule has 1 amide bonds. The molecular formula is C11H21N5OS. The van der Waals surface area contributed by atoms with Gasteiger partial charge in [-0.05, 0) is 37.6 Å². The summed E-state index contributed by atoms with van der Waals surface area (Å²) in [7, 11) is 0. The van der Waals surface area contributed by atoms with Crippen LogP contribution in [0.15, 0.2) is 0 Å². The van der Waals surface area contributed by atoms with E-state index in [1.807, 2.05) is 0 Å². The number of rotatable bonds is 8. The number of aromatic nitrogens is 1. The third kappa shape index (κ3) is 3.85. The average Bonchev–Trinajstić information content (AvgIpc) is 2.71. The zero-order valence-electron chi connectivity index (χ0n) is 10.9. The van der Waals surface area contributed by atoms with E-state index in [9.17, 15) is 4.79 Å². The predicted molar refractivity (Wildman–Crippen MR) is 75.9 cm³/mol. The van der Waals surface area contributed by atoms with Gasteiger partial charge in [0.05, 0.1) is 0 Å². The first-order valence-electron chi connectivity index (χ1n) is 6.11. The van der Waals surface area contributed by atoms with E-state index in [4.69, 9.17) is 11.5 Å². The minimum Gasteiger partial charge on any atom is -0.382 e. The molecule has 0 aliphatic heterocycles. The maximum Gasteiger partial charge on any atom is 0.255 e. The van der Waals surface area contributed by atoms with Gasteiger partial charge >= 0.3 is 0 Å². The SMILES string of the molecule is CCN(CC)CCCNc1snc(N)c1C(N)=O. The Morgan fingerprint density at radius 3 is 2.67 bits per heavy atom. The second-order valence-electron chi connectivity index (χ2n) is 3.94. The Balaban J connectivity index is 2.42. The summed E-state index contributed by atoms with van der Waals surface area (Å²) in [5, 5.41) is 3.83. The van der Waals surface area contributed by atoms with Crippen LogP contribution < -0.4 is 16.8 Å². The Labute approximate surface area is 112 Å². The maximum absolute atomic E-state index is 11.2. The molecule has 0 unspecified atom stereocenters. The van der Waals surface area contributed by atoms with Gasteiger partial charge in [-0.25, -0.2) is 0 Å². The first-order chi connectivity index (χ1) is 8.60. The number of carbonyl (C=O) groups excluding carboxylic acids is 1. The van der Waals surface area contributed by atoms with E-state index >= 15 is 0 Å². The molecule has 102 valence electrons. The number of anilines is 2. The summed E-state index contributed by atoms with van der Waals surface area (Å²) in [5.74, 6) is -0.328. The molecule has 5 N–H and O–H groups in total. The molecule has 0 aromatic carbocycles. The molecule has 0 saturated heterocycles. The standard InChI is InChI=1S/C11H21N5OS/c1-3-16(4-2)7-5-6-14-11-8(10(13)17)9(12)15-18-11/h14H,3-7H2,1-2H3,(H2,12,15)(H2,13,17). The highest BCUT2D eigenvalue weighted by Gasteiger charge is 2.15. The average molecular weight is 271 g/mol. The van der Waals surface area contributed by atoms with Crippen LogP contribution in [0.4, 0.5) is 10.8 Å². The van der Waals surface area contributed by atoms with E-state index in [0.29, 0.717) is 10.6 Å². The van der Waals surface area contributed by atoms with E-state index in [0.717, 1.165) is 32.6 Å². The van der Waals surface area contributed by atoms with Gasteiger partial charge in [0.15, 0.2) is 5.82 Å². The Hall–Kier alpha value is -1.34. The van der Waals surface area contributed by atoms with Gasteiger partial charge in [-0.15, -0.1) is 0 Å². The molecule has 6 nitrogen and oxygen atoms in total. The summed E-state index contributed by atoms with van der Waals surface area (Å²) in [6, 6.07) is 0. The number of hydrogen-bond donors (Lipinski definition) is 3. The minimum absolute atomic E-state index is 0.207. The molecule has 1 aromatic rings. The molecular weight excluding hydrogens is 250 g/mol. The van der Waals surface area contributed by atoms with Crippen molar-refractivity contribution in [2.75, 3.05) is 37.2 Å². The van der Waals surface area contributed by atoms with Gasteiger partial charge in [-0.2, -0.15) is 4.37 Å². The molecule has 18 heavy (non-hydrogen) atoms. The van der Waals surface area contributed by atoms with Crippen molar-refractivity contribution in [3.63, 3.8) is 0 Å². The fourth-order valence-electron chi connectivity index (χ4n) is 1.71. The first kappa shape index (κ1) is 14.7. The summed E-state index contributed by atoms with van der Waals surface area (Å²) >= 11 is 1.17. The van der Waals surface area contributed by atoms with Crippen molar-refractivity contribution in [1.29, 1.82) is 0 Å². The summed E-state index contributed by atoms with van der Waals surface area (Å²) < 4.78 is 3.93. The van der Waals surface area contributed by atoms with E-state index < -0.39 is 5.91 Å². The number of nitrogen functional groups attached to an aromatic ring is 1. The van der Waals surface area contributed by atoms with Crippen molar-refractivity contribution in [2.45, 2.75) is 20.3 Å². The van der Waals surface area contributed by atoms with Crippen LogP contribution in [0.3, 0.4) is 0 Å². The minimum atomic E-state index is -0.535. The van der Waals surface area contributed by atoms with Gasteiger partial charge in [0.1, 0.15) is 10.6 Å². The molecule has 0 atom stereocenters. The van der Waals surface area contributed by atoms with Gasteiger partial charge in [0.25, 0.3) is 5.91 Å². The number of primary amides is 1. The fraction of sp³-hybridized carbons (Fsp3) is 0.636. The van der Waals surface area contributed by atoms with E-state index in [1.54, 1.807) is 0 Å². The number of nitrogens with zero attached hydrogens (tertiary/aromatic N) is 2. The third-order valence-corrected chi connectivity index (χ3v) is 3.62. The number of nitrogens with one attached hydrogen (secondary N) is 1. The number of amides is 1. The van der Waals surface area contributed by atoms with Crippen molar-refractivity contribution in [2.24, 2.45) is 5.73 Å². The molecule has 1 aromatic heterocycles. The van der Waals surface area contributed by atoms with Gasteiger partial charge in [0, 0.05) is 6.54 Å². The largest absolute Gasteiger partial charge is 0.382 e. The van der Waals surface area contributed by atoms with E-state index in [-0.39, 0.29) is 5.82 Å². The van der Waals surface area contributed by atoms with Gasteiger partial charge in [-0.1, -0.05) is 13.8 Å². The van der Waals surface area contributed by atoms with Crippen molar-refractivity contribution in [1.82, 2.24) is 9.27 Å². The summed E-state index contributed by atoms with van der Waals surface area (Å²) in [4.78, 5) is 13.5. The fourth-order valence-corrected chi connectivity index (χ4v) is 2.45. The van der Waals surface area contributed by atoms with Crippen LogP contribution >= 0.6 is 11.5 Å². The van der Waals surface area contributed by atoms with Crippen LogP contribution in [0, 0.1) is 0 Å².